The number of likely N-dealkylation sites (tertiary alicyclic amines) is 1. The number of methoxy groups -OCH3 is 1. The van der Waals surface area contributed by atoms with E-state index in [2.05, 4.69) is 25.0 Å². The van der Waals surface area contributed by atoms with Crippen molar-refractivity contribution in [3.05, 3.63) is 53.1 Å². The molecule has 0 spiro atoms. The molecule has 36 heavy (non-hydrogen) atoms. The van der Waals surface area contributed by atoms with Gasteiger partial charge in [-0.2, -0.15) is 5.10 Å². The fourth-order valence-electron chi connectivity index (χ4n) is 5.45. The summed E-state index contributed by atoms with van der Waals surface area (Å²) in [7, 11) is 1.75. The van der Waals surface area contributed by atoms with E-state index in [0.717, 1.165) is 90.6 Å². The van der Waals surface area contributed by atoms with Crippen molar-refractivity contribution in [2.75, 3.05) is 39.9 Å². The lowest BCUT2D eigenvalue weighted by atomic mass is 9.96. The normalized spacial score (nSPS) is 17.0. The van der Waals surface area contributed by atoms with Crippen LogP contribution in [-0.4, -0.2) is 81.0 Å². The van der Waals surface area contributed by atoms with Crippen LogP contribution in [0.3, 0.4) is 0 Å². The van der Waals surface area contributed by atoms with E-state index in [9.17, 15) is 9.50 Å². The number of halogens is 1. The van der Waals surface area contributed by atoms with Crippen molar-refractivity contribution in [2.24, 2.45) is 0 Å². The molecule has 4 aromatic rings. The molecule has 0 amide bonds. The summed E-state index contributed by atoms with van der Waals surface area (Å²) in [5.41, 5.74) is 6.49. The number of aryl methyl sites for hydroxylation is 1. The zero-order chi connectivity index (χ0) is 24.8. The molecule has 8 nitrogen and oxygen atoms in total. The van der Waals surface area contributed by atoms with Gasteiger partial charge in [-0.15, -0.1) is 0 Å². The summed E-state index contributed by atoms with van der Waals surface area (Å²) in [5.74, 6) is -0.157. The quantitative estimate of drug-likeness (QED) is 0.366. The van der Waals surface area contributed by atoms with Crippen LogP contribution in [0, 0.1) is 5.82 Å². The first-order chi connectivity index (χ1) is 17.5. The summed E-state index contributed by atoms with van der Waals surface area (Å²) < 4.78 is 19.3. The standard InChI is InChI=1S/C27H31FN6O2/c1-3-16-11-25(35)21(28)12-20(16)17-4-5-19-23(10-17)31-32-26(19)27-29-22-6-7-34(15-24(22)30-27)18-13-33(14-18)8-9-36-2/h4-5,10-12,18,35H,3,6-9,13-15H2,1-2H3,(H,29,30)(H,31,32). The molecule has 2 aromatic carbocycles. The van der Waals surface area contributed by atoms with Gasteiger partial charge in [0.1, 0.15) is 5.69 Å². The molecule has 0 atom stereocenters. The second kappa shape index (κ2) is 9.31. The number of rotatable bonds is 7. The molecule has 3 N–H and O–H groups in total. The predicted molar refractivity (Wildman–Crippen MR) is 136 cm³/mol. The van der Waals surface area contributed by atoms with E-state index in [4.69, 9.17) is 9.72 Å². The Morgan fingerprint density at radius 1 is 1.22 bits per heavy atom. The van der Waals surface area contributed by atoms with Gasteiger partial charge in [0.05, 0.1) is 23.5 Å². The van der Waals surface area contributed by atoms with Crippen LogP contribution in [0.15, 0.2) is 30.3 Å². The Bertz CT molecular complexity index is 1410. The zero-order valence-electron chi connectivity index (χ0n) is 20.6. The maximum Gasteiger partial charge on any atom is 0.165 e. The highest BCUT2D eigenvalue weighted by molar-refractivity contribution is 5.94. The minimum absolute atomic E-state index is 0.318. The largest absolute Gasteiger partial charge is 0.505 e. The number of phenols is 1. The molecule has 0 unspecified atom stereocenters. The van der Waals surface area contributed by atoms with Crippen LogP contribution in [0.5, 0.6) is 5.75 Å². The first-order valence-corrected chi connectivity index (χ1v) is 12.6. The highest BCUT2D eigenvalue weighted by Gasteiger charge is 2.34. The van der Waals surface area contributed by atoms with Gasteiger partial charge in [-0.05, 0) is 47.4 Å². The molecule has 188 valence electrons. The number of aromatic amines is 2. The van der Waals surface area contributed by atoms with Crippen LogP contribution in [0.1, 0.15) is 23.9 Å². The highest BCUT2D eigenvalue weighted by Crippen LogP contribution is 2.34. The van der Waals surface area contributed by atoms with Crippen LogP contribution < -0.4 is 0 Å². The van der Waals surface area contributed by atoms with E-state index in [0.29, 0.717) is 12.5 Å². The van der Waals surface area contributed by atoms with Gasteiger partial charge in [0.25, 0.3) is 0 Å². The first-order valence-electron chi connectivity index (χ1n) is 12.6. The average molecular weight is 491 g/mol. The third kappa shape index (κ3) is 4.07. The summed E-state index contributed by atoms with van der Waals surface area (Å²) in [6, 6.07) is 9.45. The molecular weight excluding hydrogens is 459 g/mol. The van der Waals surface area contributed by atoms with Gasteiger partial charge in [0.2, 0.25) is 0 Å². The molecule has 0 bridgehead atoms. The van der Waals surface area contributed by atoms with Gasteiger partial charge in [0, 0.05) is 57.7 Å². The fraction of sp³-hybridized carbons (Fsp3) is 0.407. The number of hydrogen-bond donors (Lipinski definition) is 3. The average Bonchev–Trinajstić information content (AvgIpc) is 3.47. The molecule has 0 aliphatic carbocycles. The molecule has 0 saturated carbocycles. The lowest BCUT2D eigenvalue weighted by Crippen LogP contribution is -2.60. The first kappa shape index (κ1) is 23.1. The molecule has 2 aliphatic rings. The number of ether oxygens (including phenoxy) is 1. The van der Waals surface area contributed by atoms with Crippen molar-refractivity contribution in [3.8, 4) is 28.4 Å². The third-order valence-corrected chi connectivity index (χ3v) is 7.58. The number of nitrogens with one attached hydrogen (secondary N) is 2. The number of aromatic nitrogens is 4. The van der Waals surface area contributed by atoms with E-state index in [1.54, 1.807) is 7.11 Å². The molecule has 2 aliphatic heterocycles. The molecule has 1 saturated heterocycles. The minimum atomic E-state index is -0.618. The number of fused-ring (bicyclic) bond motifs is 2. The van der Waals surface area contributed by atoms with Crippen LogP contribution >= 0.6 is 0 Å². The van der Waals surface area contributed by atoms with Crippen LogP contribution in [0.25, 0.3) is 33.5 Å². The number of phenolic OH excluding ortho intramolecular Hbond substituents is 1. The lowest BCUT2D eigenvalue weighted by Gasteiger charge is -2.46. The van der Waals surface area contributed by atoms with Gasteiger partial charge >= 0.3 is 0 Å². The number of H-pyrrole nitrogens is 2. The Hall–Kier alpha value is -3.27. The Balaban J connectivity index is 1.23. The van der Waals surface area contributed by atoms with Crippen molar-refractivity contribution in [1.29, 1.82) is 0 Å². The topological polar surface area (TPSA) is 93.3 Å². The predicted octanol–water partition coefficient (Wildman–Crippen LogP) is 3.72. The fourth-order valence-corrected chi connectivity index (χ4v) is 5.45. The summed E-state index contributed by atoms with van der Waals surface area (Å²) in [6.45, 7) is 7.86. The van der Waals surface area contributed by atoms with E-state index < -0.39 is 5.82 Å². The summed E-state index contributed by atoms with van der Waals surface area (Å²) in [6.07, 6.45) is 1.62. The second-order valence-corrected chi connectivity index (χ2v) is 9.78. The smallest absolute Gasteiger partial charge is 0.165 e. The molecule has 9 heteroatoms. The van der Waals surface area contributed by atoms with Crippen LogP contribution in [-0.2, 0) is 24.1 Å². The molecule has 4 heterocycles. The van der Waals surface area contributed by atoms with Gasteiger partial charge in [-0.1, -0.05) is 13.0 Å². The van der Waals surface area contributed by atoms with Crippen molar-refractivity contribution >= 4 is 10.9 Å². The van der Waals surface area contributed by atoms with Crippen LogP contribution in [0.2, 0.25) is 0 Å². The monoisotopic (exact) mass is 490 g/mol. The number of nitrogens with zero attached hydrogens (tertiary/aromatic N) is 4. The minimum Gasteiger partial charge on any atom is -0.505 e. The zero-order valence-corrected chi connectivity index (χ0v) is 20.6. The number of aromatic hydroxyl groups is 1. The van der Waals surface area contributed by atoms with Gasteiger partial charge in [-0.25, -0.2) is 9.37 Å². The maximum atomic E-state index is 14.1. The van der Waals surface area contributed by atoms with Crippen molar-refractivity contribution in [1.82, 2.24) is 30.0 Å². The van der Waals surface area contributed by atoms with E-state index in [1.165, 1.54) is 17.8 Å². The Morgan fingerprint density at radius 3 is 2.89 bits per heavy atom. The second-order valence-electron chi connectivity index (χ2n) is 9.78. The molecule has 1 fully saturated rings. The van der Waals surface area contributed by atoms with Crippen molar-refractivity contribution in [2.45, 2.75) is 32.4 Å². The van der Waals surface area contributed by atoms with Crippen molar-refractivity contribution < 1.29 is 14.2 Å². The third-order valence-electron chi connectivity index (χ3n) is 7.58. The lowest BCUT2D eigenvalue weighted by molar-refractivity contribution is 0.0112. The van der Waals surface area contributed by atoms with Gasteiger partial charge < -0.3 is 14.8 Å². The highest BCUT2D eigenvalue weighted by atomic mass is 19.1. The summed E-state index contributed by atoms with van der Waals surface area (Å²) in [5, 5.41) is 18.4. The molecule has 6 rings (SSSR count). The van der Waals surface area contributed by atoms with Gasteiger partial charge in [-0.3, -0.25) is 14.9 Å². The van der Waals surface area contributed by atoms with E-state index in [-0.39, 0.29) is 5.75 Å². The Kier molecular flexibility index (Phi) is 5.99. The molecular formula is C27H31FN6O2. The Labute approximate surface area is 209 Å². The molecule has 2 aromatic heterocycles. The molecule has 0 radical (unpaired) electrons. The van der Waals surface area contributed by atoms with Crippen molar-refractivity contribution in [3.63, 3.8) is 0 Å². The van der Waals surface area contributed by atoms with E-state index in [1.807, 2.05) is 25.1 Å². The number of benzene rings is 2. The Morgan fingerprint density at radius 2 is 2.08 bits per heavy atom. The summed E-state index contributed by atoms with van der Waals surface area (Å²) >= 11 is 0. The maximum absolute atomic E-state index is 14.1. The number of hydrogen-bond acceptors (Lipinski definition) is 6. The van der Waals surface area contributed by atoms with Crippen LogP contribution in [0.4, 0.5) is 4.39 Å². The van der Waals surface area contributed by atoms with Gasteiger partial charge in [0.15, 0.2) is 17.4 Å². The number of imidazole rings is 1. The SMILES string of the molecule is CCc1cc(O)c(F)cc1-c1ccc2c(-c3nc4c([nH]3)CN(C3CN(CCOC)C3)CC4)n[nH]c2c1. The summed E-state index contributed by atoms with van der Waals surface area (Å²) in [4.78, 5) is 13.4. The van der Waals surface area contributed by atoms with E-state index >= 15 is 0 Å².